The lowest BCUT2D eigenvalue weighted by Crippen LogP contribution is -2.36. The Hall–Kier alpha value is -1.33. The average molecular weight is 283 g/mol. The first-order valence-corrected chi connectivity index (χ1v) is 6.91. The minimum atomic E-state index is 0.0169. The predicted molar refractivity (Wildman–Crippen MR) is 83.1 cm³/mol. The molecule has 0 saturated heterocycles. The molecule has 0 radical (unpaired) electrons. The third kappa shape index (κ3) is 7.96. The van der Waals surface area contributed by atoms with E-state index in [9.17, 15) is 4.79 Å². The van der Waals surface area contributed by atoms with E-state index in [2.05, 4.69) is 11.5 Å². The van der Waals surface area contributed by atoms with Gasteiger partial charge in [0.2, 0.25) is 5.91 Å². The molecule has 0 bridgehead atoms. The molecule has 0 aliphatic heterocycles. The summed E-state index contributed by atoms with van der Waals surface area (Å²) >= 11 is 0. The molecule has 0 fully saturated rings. The van der Waals surface area contributed by atoms with Crippen LogP contribution in [0.1, 0.15) is 27.2 Å². The summed E-state index contributed by atoms with van der Waals surface area (Å²) in [6, 6.07) is 0.202. The van der Waals surface area contributed by atoms with Crippen LogP contribution < -0.4 is 5.73 Å². The Balaban J connectivity index is 4.45. The van der Waals surface area contributed by atoms with Gasteiger partial charge in [-0.05, 0) is 39.9 Å². The fraction of sp³-hybridized carbons (Fsp3) is 0.667. The van der Waals surface area contributed by atoms with Gasteiger partial charge in [0.05, 0.1) is 7.11 Å². The van der Waals surface area contributed by atoms with Crippen LogP contribution in [0.2, 0.25) is 0 Å². The van der Waals surface area contributed by atoms with Crippen molar-refractivity contribution >= 4 is 5.91 Å². The van der Waals surface area contributed by atoms with E-state index in [1.807, 2.05) is 20.9 Å². The number of nitrogens with two attached hydrogens (primary N) is 1. The van der Waals surface area contributed by atoms with Gasteiger partial charge in [0.15, 0.2) is 0 Å². The van der Waals surface area contributed by atoms with Gasteiger partial charge in [-0.3, -0.25) is 4.79 Å². The van der Waals surface area contributed by atoms with Crippen LogP contribution in [0, 0.1) is 0 Å². The quantitative estimate of drug-likeness (QED) is 0.515. The minimum absolute atomic E-state index is 0.0169. The first-order chi connectivity index (χ1) is 9.27. The lowest BCUT2D eigenvalue weighted by molar-refractivity contribution is -0.127. The average Bonchev–Trinajstić information content (AvgIpc) is 2.35. The van der Waals surface area contributed by atoms with E-state index in [4.69, 9.17) is 10.5 Å². The Morgan fingerprint density at radius 3 is 2.40 bits per heavy atom. The number of methoxy groups -OCH3 is 1. The number of allylic oxidation sites excluding steroid dienone is 2. The molecule has 1 atom stereocenters. The first-order valence-electron chi connectivity index (χ1n) is 6.91. The molecule has 1 unspecified atom stereocenters. The van der Waals surface area contributed by atoms with Gasteiger partial charge in [-0.25, -0.2) is 0 Å². The van der Waals surface area contributed by atoms with Crippen LogP contribution in [0.5, 0.6) is 0 Å². The van der Waals surface area contributed by atoms with Gasteiger partial charge in [0, 0.05) is 31.8 Å². The summed E-state index contributed by atoms with van der Waals surface area (Å²) in [6.07, 6.45) is 2.72. The topological polar surface area (TPSA) is 58.8 Å². The van der Waals surface area contributed by atoms with Gasteiger partial charge < -0.3 is 20.3 Å². The van der Waals surface area contributed by atoms with Crippen molar-refractivity contribution in [3.63, 3.8) is 0 Å². The molecule has 1 amide bonds. The first kappa shape index (κ1) is 18.7. The van der Waals surface area contributed by atoms with Crippen molar-refractivity contribution in [2.24, 2.45) is 5.73 Å². The second-order valence-corrected chi connectivity index (χ2v) is 5.20. The molecule has 0 spiro atoms. The summed E-state index contributed by atoms with van der Waals surface area (Å²) in [5.74, 6) is 0.558. The largest absolute Gasteiger partial charge is 0.497 e. The van der Waals surface area contributed by atoms with Crippen LogP contribution in [0.25, 0.3) is 0 Å². The maximum absolute atomic E-state index is 11.7. The summed E-state index contributed by atoms with van der Waals surface area (Å²) in [7, 11) is 3.60. The van der Waals surface area contributed by atoms with Crippen molar-refractivity contribution in [1.82, 2.24) is 9.80 Å². The molecule has 116 valence electrons. The van der Waals surface area contributed by atoms with E-state index in [0.717, 1.165) is 25.2 Å². The zero-order valence-corrected chi connectivity index (χ0v) is 13.5. The monoisotopic (exact) mass is 283 g/mol. The number of hydrogen-bond donors (Lipinski definition) is 1. The Kier molecular flexibility index (Phi) is 8.92. The lowest BCUT2D eigenvalue weighted by Gasteiger charge is -2.25. The molecular weight excluding hydrogens is 254 g/mol. The number of carbonyl (C=O) groups is 1. The summed E-state index contributed by atoms with van der Waals surface area (Å²) < 4.78 is 5.01. The molecule has 0 saturated carbocycles. The third-order valence-corrected chi connectivity index (χ3v) is 3.11. The van der Waals surface area contributed by atoms with Gasteiger partial charge in [0.1, 0.15) is 5.76 Å². The minimum Gasteiger partial charge on any atom is -0.497 e. The molecule has 0 aliphatic rings. The van der Waals surface area contributed by atoms with Crippen LogP contribution in [-0.2, 0) is 9.53 Å². The highest BCUT2D eigenvalue weighted by Gasteiger charge is 2.12. The van der Waals surface area contributed by atoms with Gasteiger partial charge in [-0.1, -0.05) is 6.58 Å². The van der Waals surface area contributed by atoms with E-state index in [0.29, 0.717) is 12.3 Å². The molecule has 0 aliphatic carbocycles. The highest BCUT2D eigenvalue weighted by Crippen LogP contribution is 2.08. The molecule has 0 heterocycles. The van der Waals surface area contributed by atoms with Crippen LogP contribution in [0.3, 0.4) is 0 Å². The molecule has 0 aromatic rings. The number of rotatable bonds is 9. The molecule has 20 heavy (non-hydrogen) atoms. The van der Waals surface area contributed by atoms with Gasteiger partial charge in [-0.2, -0.15) is 0 Å². The van der Waals surface area contributed by atoms with E-state index >= 15 is 0 Å². The van der Waals surface area contributed by atoms with Crippen molar-refractivity contribution < 1.29 is 9.53 Å². The maximum atomic E-state index is 11.7. The zero-order valence-electron chi connectivity index (χ0n) is 13.5. The highest BCUT2D eigenvalue weighted by molar-refractivity contribution is 5.75. The highest BCUT2D eigenvalue weighted by atomic mass is 16.5. The second kappa shape index (κ2) is 9.55. The SMILES string of the molecule is C=C(/C=C(\C)N(CCN(C)CCC(C)N)C(C)=O)OC. The summed E-state index contributed by atoms with van der Waals surface area (Å²) in [5, 5.41) is 0. The molecule has 5 nitrogen and oxygen atoms in total. The number of likely N-dealkylation sites (N-methyl/N-ethyl adjacent to an activating group) is 1. The fourth-order valence-corrected chi connectivity index (χ4v) is 1.76. The Morgan fingerprint density at radius 2 is 1.95 bits per heavy atom. The Labute approximate surface area is 123 Å². The van der Waals surface area contributed by atoms with Crippen molar-refractivity contribution in [3.8, 4) is 0 Å². The van der Waals surface area contributed by atoms with Gasteiger partial charge >= 0.3 is 0 Å². The van der Waals surface area contributed by atoms with Gasteiger partial charge in [-0.15, -0.1) is 0 Å². The third-order valence-electron chi connectivity index (χ3n) is 3.11. The van der Waals surface area contributed by atoms with E-state index in [1.165, 1.54) is 0 Å². The van der Waals surface area contributed by atoms with E-state index in [-0.39, 0.29) is 11.9 Å². The van der Waals surface area contributed by atoms with Crippen LogP contribution in [0.4, 0.5) is 0 Å². The number of amides is 1. The van der Waals surface area contributed by atoms with Crippen molar-refractivity contribution in [2.45, 2.75) is 33.2 Å². The molecule has 0 rings (SSSR count). The number of hydrogen-bond acceptors (Lipinski definition) is 4. The molecular formula is C15H29N3O2. The van der Waals surface area contributed by atoms with Crippen LogP contribution in [0.15, 0.2) is 24.1 Å². The lowest BCUT2D eigenvalue weighted by atomic mass is 10.2. The van der Waals surface area contributed by atoms with Crippen molar-refractivity contribution in [2.75, 3.05) is 33.8 Å². The summed E-state index contributed by atoms with van der Waals surface area (Å²) in [6.45, 7) is 11.6. The number of ether oxygens (including phenoxy) is 1. The van der Waals surface area contributed by atoms with Crippen LogP contribution in [-0.4, -0.2) is 55.5 Å². The number of nitrogens with zero attached hydrogens (tertiary/aromatic N) is 2. The van der Waals surface area contributed by atoms with Crippen molar-refractivity contribution in [3.05, 3.63) is 24.1 Å². The molecule has 5 heteroatoms. The predicted octanol–water partition coefficient (Wildman–Crippen LogP) is 1.57. The Bertz CT molecular complexity index is 351. The summed E-state index contributed by atoms with van der Waals surface area (Å²) in [4.78, 5) is 15.6. The Morgan fingerprint density at radius 1 is 1.35 bits per heavy atom. The van der Waals surface area contributed by atoms with Crippen molar-refractivity contribution in [1.29, 1.82) is 0 Å². The van der Waals surface area contributed by atoms with Gasteiger partial charge in [0.25, 0.3) is 0 Å². The van der Waals surface area contributed by atoms with Crippen LogP contribution >= 0.6 is 0 Å². The summed E-state index contributed by atoms with van der Waals surface area (Å²) in [5.41, 5.74) is 6.58. The molecule has 0 aromatic heterocycles. The number of carbonyl (C=O) groups excluding carboxylic acids is 1. The zero-order chi connectivity index (χ0) is 15.7. The fourth-order valence-electron chi connectivity index (χ4n) is 1.76. The van der Waals surface area contributed by atoms with E-state index < -0.39 is 0 Å². The standard InChI is InChI=1S/C15H29N3O2/c1-12(16)7-8-17(5)9-10-18(15(4)19)13(2)11-14(3)20-6/h11-12H,3,7-10,16H2,1-2,4-6H3/b13-11+. The molecule has 2 N–H and O–H groups in total. The second-order valence-electron chi connectivity index (χ2n) is 5.20. The maximum Gasteiger partial charge on any atom is 0.223 e. The smallest absolute Gasteiger partial charge is 0.223 e. The van der Waals surface area contributed by atoms with E-state index in [1.54, 1.807) is 25.0 Å². The molecule has 0 aromatic carbocycles. The normalized spacial score (nSPS) is 13.2.